The molecule has 0 heterocycles. The Morgan fingerprint density at radius 3 is 2.43 bits per heavy atom. The van der Waals surface area contributed by atoms with Crippen molar-refractivity contribution >= 4 is 31.9 Å². The largest absolute Gasteiger partial charge is 0.342 e. The number of nitrogens with one attached hydrogen (secondary N) is 1. The van der Waals surface area contributed by atoms with E-state index in [0.29, 0.717) is 17.6 Å². The lowest BCUT2D eigenvalue weighted by molar-refractivity contribution is -0.132. The molecule has 8 heteroatoms. The van der Waals surface area contributed by atoms with Crippen LogP contribution in [-0.4, -0.2) is 38.4 Å². The number of benzene rings is 1. The van der Waals surface area contributed by atoms with Gasteiger partial charge in [0.2, 0.25) is 15.9 Å². The molecule has 21 heavy (non-hydrogen) atoms. The monoisotopic (exact) mass is 380 g/mol. The SMILES string of the molecule is CCN(CC)C(=O)C(C)NS(=O)(=O)c1ccc(Br)cc1F. The Bertz CT molecular complexity index is 618. The third-order valence-electron chi connectivity index (χ3n) is 2.96. The molecule has 1 atom stereocenters. The van der Waals surface area contributed by atoms with Gasteiger partial charge in [-0.05, 0) is 39.0 Å². The zero-order chi connectivity index (χ0) is 16.2. The number of sulfonamides is 1. The molecule has 0 fully saturated rings. The number of nitrogens with zero attached hydrogens (tertiary/aromatic N) is 1. The summed E-state index contributed by atoms with van der Waals surface area (Å²) in [5.41, 5.74) is 0. The second kappa shape index (κ2) is 7.33. The van der Waals surface area contributed by atoms with Gasteiger partial charge in [0.05, 0.1) is 6.04 Å². The second-order valence-electron chi connectivity index (χ2n) is 4.43. The van der Waals surface area contributed by atoms with Gasteiger partial charge in [-0.3, -0.25) is 4.79 Å². The summed E-state index contributed by atoms with van der Waals surface area (Å²) in [5, 5.41) is 0. The lowest BCUT2D eigenvalue weighted by Gasteiger charge is -2.23. The van der Waals surface area contributed by atoms with Gasteiger partial charge < -0.3 is 4.90 Å². The van der Waals surface area contributed by atoms with E-state index in [1.165, 1.54) is 17.9 Å². The first-order valence-corrected chi connectivity index (χ1v) is 8.76. The Morgan fingerprint density at radius 1 is 1.38 bits per heavy atom. The van der Waals surface area contributed by atoms with Gasteiger partial charge in [-0.2, -0.15) is 4.72 Å². The van der Waals surface area contributed by atoms with E-state index in [2.05, 4.69) is 20.7 Å². The maximum atomic E-state index is 13.7. The minimum absolute atomic E-state index is 0.346. The standard InChI is InChI=1S/C13H18BrFN2O3S/c1-4-17(5-2)13(18)9(3)16-21(19,20)12-7-6-10(14)8-11(12)15/h6-9,16H,4-5H2,1-3H3. The molecule has 0 saturated carbocycles. The second-order valence-corrected chi connectivity index (χ2v) is 7.03. The average Bonchev–Trinajstić information content (AvgIpc) is 2.38. The number of carbonyl (C=O) groups excluding carboxylic acids is 1. The maximum Gasteiger partial charge on any atom is 0.244 e. The van der Waals surface area contributed by atoms with Crippen LogP contribution in [0.2, 0.25) is 0 Å². The normalized spacial score (nSPS) is 13.0. The van der Waals surface area contributed by atoms with Crippen molar-refractivity contribution in [3.8, 4) is 0 Å². The van der Waals surface area contributed by atoms with Gasteiger partial charge in [0.25, 0.3) is 0 Å². The van der Waals surface area contributed by atoms with Gasteiger partial charge in [0, 0.05) is 17.6 Å². The molecule has 0 spiro atoms. The first-order valence-electron chi connectivity index (χ1n) is 6.49. The number of halogens is 2. The minimum atomic E-state index is -4.10. The fourth-order valence-electron chi connectivity index (χ4n) is 1.85. The number of hydrogen-bond donors (Lipinski definition) is 1. The number of hydrogen-bond acceptors (Lipinski definition) is 3. The summed E-state index contributed by atoms with van der Waals surface area (Å²) in [6, 6.07) is 2.68. The summed E-state index contributed by atoms with van der Waals surface area (Å²) >= 11 is 3.06. The van der Waals surface area contributed by atoms with Crippen molar-refractivity contribution in [2.24, 2.45) is 0 Å². The van der Waals surface area contributed by atoms with Crippen LogP contribution in [0, 0.1) is 5.82 Å². The molecule has 1 amide bonds. The maximum absolute atomic E-state index is 13.7. The molecule has 1 N–H and O–H groups in total. The van der Waals surface area contributed by atoms with Crippen molar-refractivity contribution in [1.29, 1.82) is 0 Å². The van der Waals surface area contributed by atoms with Crippen LogP contribution in [0.4, 0.5) is 4.39 Å². The van der Waals surface area contributed by atoms with Crippen LogP contribution in [0.15, 0.2) is 27.6 Å². The lowest BCUT2D eigenvalue weighted by Crippen LogP contribution is -2.46. The van der Waals surface area contributed by atoms with E-state index < -0.39 is 26.8 Å². The Hall–Kier alpha value is -0.990. The Morgan fingerprint density at radius 2 is 1.95 bits per heavy atom. The Balaban J connectivity index is 2.97. The molecule has 118 valence electrons. The van der Waals surface area contributed by atoms with E-state index in [1.54, 1.807) is 13.8 Å². The summed E-state index contributed by atoms with van der Waals surface area (Å²) in [5.74, 6) is -1.22. The summed E-state index contributed by atoms with van der Waals surface area (Å²) in [6.07, 6.45) is 0. The van der Waals surface area contributed by atoms with Gasteiger partial charge in [-0.25, -0.2) is 12.8 Å². The molecule has 5 nitrogen and oxygen atoms in total. The quantitative estimate of drug-likeness (QED) is 0.821. The van der Waals surface area contributed by atoms with Crippen molar-refractivity contribution in [1.82, 2.24) is 9.62 Å². The molecule has 1 aromatic rings. The summed E-state index contributed by atoms with van der Waals surface area (Å²) in [4.78, 5) is 13.1. The van der Waals surface area contributed by atoms with Crippen LogP contribution in [-0.2, 0) is 14.8 Å². The van der Waals surface area contributed by atoms with Crippen molar-refractivity contribution in [2.45, 2.75) is 31.7 Å². The number of rotatable bonds is 6. The molecule has 1 unspecified atom stereocenters. The third kappa shape index (κ3) is 4.49. The van der Waals surface area contributed by atoms with E-state index >= 15 is 0 Å². The Labute approximate surface area is 132 Å². The summed E-state index contributed by atoms with van der Waals surface area (Å²) < 4.78 is 40.7. The van der Waals surface area contributed by atoms with Crippen molar-refractivity contribution in [3.63, 3.8) is 0 Å². The van der Waals surface area contributed by atoms with E-state index in [-0.39, 0.29) is 5.91 Å². The first-order chi connectivity index (χ1) is 9.72. The highest BCUT2D eigenvalue weighted by Crippen LogP contribution is 2.19. The van der Waals surface area contributed by atoms with Gasteiger partial charge in [0.1, 0.15) is 10.7 Å². The summed E-state index contributed by atoms with van der Waals surface area (Å²) in [7, 11) is -4.10. The zero-order valence-corrected chi connectivity index (χ0v) is 14.5. The van der Waals surface area contributed by atoms with Crippen molar-refractivity contribution in [3.05, 3.63) is 28.5 Å². The number of carbonyl (C=O) groups is 1. The molecule has 0 bridgehead atoms. The van der Waals surface area contributed by atoms with Crippen LogP contribution in [0.3, 0.4) is 0 Å². The van der Waals surface area contributed by atoms with Crippen LogP contribution in [0.1, 0.15) is 20.8 Å². The molecular formula is C13H18BrFN2O3S. The molecule has 0 aliphatic rings. The number of amides is 1. The van der Waals surface area contributed by atoms with E-state index in [4.69, 9.17) is 0 Å². The van der Waals surface area contributed by atoms with Gasteiger partial charge in [-0.1, -0.05) is 15.9 Å². The molecule has 0 saturated heterocycles. The fraction of sp³-hybridized carbons (Fsp3) is 0.462. The number of likely N-dealkylation sites (N-methyl/N-ethyl adjacent to an activating group) is 1. The Kier molecular flexibility index (Phi) is 6.30. The molecule has 0 aliphatic heterocycles. The van der Waals surface area contributed by atoms with Gasteiger partial charge >= 0.3 is 0 Å². The zero-order valence-electron chi connectivity index (χ0n) is 12.1. The molecule has 1 rings (SSSR count). The van der Waals surface area contributed by atoms with Crippen LogP contribution in [0.25, 0.3) is 0 Å². The third-order valence-corrected chi connectivity index (χ3v) is 5.03. The molecule has 0 radical (unpaired) electrons. The molecule has 0 aliphatic carbocycles. The van der Waals surface area contributed by atoms with Crippen LogP contribution < -0.4 is 4.72 Å². The van der Waals surface area contributed by atoms with Gasteiger partial charge in [0.15, 0.2) is 0 Å². The molecule has 0 aromatic heterocycles. The predicted molar refractivity (Wildman–Crippen MR) is 81.8 cm³/mol. The fourth-order valence-corrected chi connectivity index (χ4v) is 3.44. The van der Waals surface area contributed by atoms with Crippen LogP contribution >= 0.6 is 15.9 Å². The first kappa shape index (κ1) is 18.1. The lowest BCUT2D eigenvalue weighted by atomic mass is 10.3. The van der Waals surface area contributed by atoms with Gasteiger partial charge in [-0.15, -0.1) is 0 Å². The molecule has 1 aromatic carbocycles. The smallest absolute Gasteiger partial charge is 0.244 e. The van der Waals surface area contributed by atoms with E-state index in [0.717, 1.165) is 12.1 Å². The summed E-state index contributed by atoms with van der Waals surface area (Å²) in [6.45, 7) is 6.01. The van der Waals surface area contributed by atoms with E-state index in [9.17, 15) is 17.6 Å². The highest BCUT2D eigenvalue weighted by atomic mass is 79.9. The topological polar surface area (TPSA) is 66.5 Å². The minimum Gasteiger partial charge on any atom is -0.342 e. The highest BCUT2D eigenvalue weighted by Gasteiger charge is 2.26. The van der Waals surface area contributed by atoms with Crippen molar-refractivity contribution < 1.29 is 17.6 Å². The molecular weight excluding hydrogens is 363 g/mol. The van der Waals surface area contributed by atoms with E-state index in [1.807, 2.05) is 0 Å². The average molecular weight is 381 g/mol. The van der Waals surface area contributed by atoms with Crippen molar-refractivity contribution in [2.75, 3.05) is 13.1 Å². The highest BCUT2D eigenvalue weighted by molar-refractivity contribution is 9.10. The predicted octanol–water partition coefficient (Wildman–Crippen LogP) is 2.12. The van der Waals surface area contributed by atoms with Crippen LogP contribution in [0.5, 0.6) is 0 Å².